The lowest BCUT2D eigenvalue weighted by molar-refractivity contribution is 1.18. The molecule has 0 aliphatic carbocycles. The summed E-state index contributed by atoms with van der Waals surface area (Å²) in [4.78, 5) is 0. The van der Waals surface area contributed by atoms with Gasteiger partial charge in [-0.15, -0.1) is 12.3 Å². The van der Waals surface area contributed by atoms with Crippen LogP contribution in [-0.2, 0) is 0 Å². The average molecular weight is 317 g/mol. The maximum absolute atomic E-state index is 4.27. The molecule has 18 heavy (non-hydrogen) atoms. The van der Waals surface area contributed by atoms with E-state index < -0.39 is 32.3 Å². The Balaban J connectivity index is 6.57. The molecule has 0 spiro atoms. The Labute approximate surface area is 120 Å². The topological polar surface area (TPSA) is 0 Å². The quantitative estimate of drug-likeness (QED) is 0.563. The number of hydrogen-bond acceptors (Lipinski definition) is 0. The maximum atomic E-state index is 4.27. The SMILES string of the molecule is C=C[Si](C)(C)C([Si](C)(C)C)([Si](C)(C)C)[Si](C)(C)C. The third-order valence-corrected chi connectivity index (χ3v) is 40.6. The Kier molecular flexibility index (Phi) is 5.03. The second-order valence-electron chi connectivity index (χ2n) is 9.43. The first kappa shape index (κ1) is 18.6. The van der Waals surface area contributed by atoms with E-state index in [4.69, 9.17) is 0 Å². The lowest BCUT2D eigenvalue weighted by Gasteiger charge is -2.65. The minimum atomic E-state index is -1.41. The first-order chi connectivity index (χ1) is 7.56. The van der Waals surface area contributed by atoms with Gasteiger partial charge in [-0.1, -0.05) is 72.0 Å². The summed E-state index contributed by atoms with van der Waals surface area (Å²) in [5.74, 6) is 0. The molecule has 0 fully saturated rings. The van der Waals surface area contributed by atoms with Crippen molar-refractivity contribution in [2.45, 2.75) is 75.9 Å². The summed E-state index contributed by atoms with van der Waals surface area (Å²) in [5, 5.41) is 0. The number of hydrogen-bond donors (Lipinski definition) is 0. The molecule has 0 amide bonds. The first-order valence-electron chi connectivity index (χ1n) is 7.20. The van der Waals surface area contributed by atoms with Gasteiger partial charge in [-0.25, -0.2) is 0 Å². The van der Waals surface area contributed by atoms with E-state index in [0.29, 0.717) is 3.91 Å². The lowest BCUT2D eigenvalue weighted by Crippen LogP contribution is -2.75. The summed E-state index contributed by atoms with van der Waals surface area (Å²) in [6, 6.07) is 0. The monoisotopic (exact) mass is 316 g/mol. The zero-order valence-electron chi connectivity index (χ0n) is 14.8. The zero-order chi connectivity index (χ0) is 15.2. The van der Waals surface area contributed by atoms with Crippen molar-refractivity contribution in [3.8, 4) is 0 Å². The highest BCUT2D eigenvalue weighted by molar-refractivity contribution is 7.30. The van der Waals surface area contributed by atoms with Gasteiger partial charge >= 0.3 is 0 Å². The van der Waals surface area contributed by atoms with Crippen LogP contribution in [0, 0.1) is 0 Å². The summed E-state index contributed by atoms with van der Waals surface area (Å²) < 4.78 is 0.696. The smallest absolute Gasteiger partial charge is 0.0693 e. The number of rotatable bonds is 5. The normalized spacial score (nSPS) is 15.7. The standard InChI is InChI=1S/C14H36Si4/c1-13-18(11,12)14(15(2,3)4,16(5,6)7)17(8,9)10/h13H,1H2,2-12H3. The summed E-state index contributed by atoms with van der Waals surface area (Å²) in [7, 11) is -5.16. The van der Waals surface area contributed by atoms with Crippen molar-refractivity contribution in [1.29, 1.82) is 0 Å². The van der Waals surface area contributed by atoms with Gasteiger partial charge < -0.3 is 0 Å². The molecule has 0 saturated carbocycles. The van der Waals surface area contributed by atoms with Crippen molar-refractivity contribution in [1.82, 2.24) is 0 Å². The predicted molar refractivity (Wildman–Crippen MR) is 100 cm³/mol. The molecule has 0 aromatic rings. The van der Waals surface area contributed by atoms with Crippen LogP contribution in [0.2, 0.25) is 75.9 Å². The van der Waals surface area contributed by atoms with E-state index in [-0.39, 0.29) is 0 Å². The fourth-order valence-corrected chi connectivity index (χ4v) is 57.8. The minimum Gasteiger partial charge on any atom is -0.107 e. The molecule has 0 saturated heterocycles. The van der Waals surface area contributed by atoms with Crippen molar-refractivity contribution >= 4 is 32.3 Å². The van der Waals surface area contributed by atoms with Crippen LogP contribution in [0.1, 0.15) is 0 Å². The molecule has 0 rings (SSSR count). The molecule has 0 atom stereocenters. The molecule has 0 aliphatic rings. The molecule has 0 unspecified atom stereocenters. The molecule has 0 aromatic carbocycles. The highest BCUT2D eigenvalue weighted by Gasteiger charge is 2.66. The fourth-order valence-electron chi connectivity index (χ4n) is 6.43. The summed E-state index contributed by atoms with van der Waals surface area (Å²) in [6.45, 7) is 33.1. The van der Waals surface area contributed by atoms with Crippen molar-refractivity contribution < 1.29 is 0 Å². The molecule has 108 valence electrons. The van der Waals surface area contributed by atoms with Gasteiger partial charge in [0.2, 0.25) is 0 Å². The molecule has 4 heteroatoms. The van der Waals surface area contributed by atoms with E-state index in [1.54, 1.807) is 0 Å². The van der Waals surface area contributed by atoms with Crippen LogP contribution < -0.4 is 0 Å². The second kappa shape index (κ2) is 4.86. The molecular formula is C14H36Si4. The molecule has 0 radical (unpaired) electrons. The van der Waals surface area contributed by atoms with Gasteiger partial charge in [0.25, 0.3) is 0 Å². The van der Waals surface area contributed by atoms with Crippen LogP contribution in [-0.4, -0.2) is 32.3 Å². The van der Waals surface area contributed by atoms with E-state index in [2.05, 4.69) is 84.3 Å². The van der Waals surface area contributed by atoms with Crippen LogP contribution in [0.3, 0.4) is 0 Å². The van der Waals surface area contributed by atoms with Crippen LogP contribution in [0.15, 0.2) is 12.3 Å². The molecule has 0 aromatic heterocycles. The van der Waals surface area contributed by atoms with E-state index in [1.807, 2.05) is 0 Å². The summed E-state index contributed by atoms with van der Waals surface area (Å²) in [5.41, 5.74) is 2.40. The largest absolute Gasteiger partial charge is 0.107 e. The molecule has 0 nitrogen and oxygen atoms in total. The molecular weight excluding hydrogens is 280 g/mol. The Morgan fingerprint density at radius 2 is 0.833 bits per heavy atom. The molecule has 0 heterocycles. The van der Waals surface area contributed by atoms with Crippen LogP contribution in [0.25, 0.3) is 0 Å². The second-order valence-corrected chi connectivity index (χ2v) is 32.8. The van der Waals surface area contributed by atoms with E-state index in [9.17, 15) is 0 Å². The first-order valence-corrected chi connectivity index (χ1v) is 20.8. The summed E-state index contributed by atoms with van der Waals surface area (Å²) >= 11 is 0. The Hall–Kier alpha value is 0.608. The van der Waals surface area contributed by atoms with Gasteiger partial charge in [0, 0.05) is 24.2 Å². The van der Waals surface area contributed by atoms with Crippen LogP contribution in [0.5, 0.6) is 0 Å². The lowest BCUT2D eigenvalue weighted by atomic mass is 11.3. The maximum Gasteiger partial charge on any atom is 0.0693 e. The van der Waals surface area contributed by atoms with E-state index in [0.717, 1.165) is 0 Å². The predicted octanol–water partition coefficient (Wildman–Crippen LogP) is 5.79. The third kappa shape index (κ3) is 2.58. The highest BCUT2D eigenvalue weighted by Crippen LogP contribution is 2.59. The van der Waals surface area contributed by atoms with Crippen LogP contribution >= 0.6 is 0 Å². The molecule has 0 N–H and O–H groups in total. The fraction of sp³-hybridized carbons (Fsp3) is 0.857. The Morgan fingerprint density at radius 1 is 0.611 bits per heavy atom. The molecule has 0 aliphatic heterocycles. The van der Waals surface area contributed by atoms with E-state index in [1.165, 1.54) is 0 Å². The van der Waals surface area contributed by atoms with Gasteiger partial charge in [-0.2, -0.15) is 0 Å². The molecule has 0 bridgehead atoms. The Morgan fingerprint density at radius 3 is 0.889 bits per heavy atom. The van der Waals surface area contributed by atoms with Gasteiger partial charge in [0.1, 0.15) is 0 Å². The van der Waals surface area contributed by atoms with Crippen LogP contribution in [0.4, 0.5) is 0 Å². The van der Waals surface area contributed by atoms with Crippen molar-refractivity contribution in [2.75, 3.05) is 0 Å². The average Bonchev–Trinajstić information content (AvgIpc) is 1.94. The van der Waals surface area contributed by atoms with Gasteiger partial charge in [0.05, 0.1) is 8.07 Å². The third-order valence-electron chi connectivity index (χ3n) is 4.85. The Bertz CT molecular complexity index is 274. The van der Waals surface area contributed by atoms with Gasteiger partial charge in [0.15, 0.2) is 0 Å². The van der Waals surface area contributed by atoms with Crippen molar-refractivity contribution in [2.24, 2.45) is 0 Å². The van der Waals surface area contributed by atoms with Gasteiger partial charge in [-0.3, -0.25) is 0 Å². The highest BCUT2D eigenvalue weighted by atomic mass is 28.5. The van der Waals surface area contributed by atoms with Crippen molar-refractivity contribution in [3.63, 3.8) is 0 Å². The van der Waals surface area contributed by atoms with Crippen molar-refractivity contribution in [3.05, 3.63) is 12.3 Å². The minimum absolute atomic E-state index is 0.696. The van der Waals surface area contributed by atoms with Gasteiger partial charge in [-0.05, 0) is 3.91 Å². The summed E-state index contributed by atoms with van der Waals surface area (Å²) in [6.07, 6.45) is 0. The zero-order valence-corrected chi connectivity index (χ0v) is 18.8. The van der Waals surface area contributed by atoms with E-state index >= 15 is 0 Å².